The first-order chi connectivity index (χ1) is 17.0. The maximum absolute atomic E-state index is 13.8. The van der Waals surface area contributed by atoms with E-state index in [4.69, 9.17) is 4.74 Å². The number of amides is 4. The number of imide groups is 1. The molecule has 4 rings (SSSR count). The van der Waals surface area contributed by atoms with Crippen molar-refractivity contribution in [2.24, 2.45) is 11.3 Å². The van der Waals surface area contributed by atoms with Crippen LogP contribution in [0.2, 0.25) is 0 Å². The summed E-state index contributed by atoms with van der Waals surface area (Å²) < 4.78 is 61.0. The average molecular weight is 511 g/mol. The lowest BCUT2D eigenvalue weighted by Gasteiger charge is -2.31. The second-order valence-electron chi connectivity index (χ2n) is 8.74. The zero-order chi connectivity index (χ0) is 26.2. The van der Waals surface area contributed by atoms with E-state index in [1.54, 1.807) is 25.2 Å². The van der Waals surface area contributed by atoms with Gasteiger partial charge in [0.25, 0.3) is 0 Å². The molecule has 36 heavy (non-hydrogen) atoms. The highest BCUT2D eigenvalue weighted by Crippen LogP contribution is 2.44. The summed E-state index contributed by atoms with van der Waals surface area (Å²) in [5.41, 5.74) is -0.915. The van der Waals surface area contributed by atoms with Crippen LogP contribution in [0.5, 0.6) is 5.75 Å². The van der Waals surface area contributed by atoms with Crippen LogP contribution in [0.1, 0.15) is 19.8 Å². The zero-order valence-electron chi connectivity index (χ0n) is 18.9. The Hall–Kier alpha value is -3.90. The number of hydrogen-bond donors (Lipinski definition) is 2. The minimum Gasteiger partial charge on any atom is -0.444 e. The molecule has 2 N–H and O–H groups in total. The number of likely N-dealkylation sites (tertiary alicyclic amines) is 1. The molecule has 2 fully saturated rings. The summed E-state index contributed by atoms with van der Waals surface area (Å²) in [7, 11) is 0. The van der Waals surface area contributed by atoms with E-state index in [-0.39, 0.29) is 49.4 Å². The van der Waals surface area contributed by atoms with Crippen molar-refractivity contribution < 1.29 is 46.2 Å². The van der Waals surface area contributed by atoms with Crippen LogP contribution in [-0.4, -0.2) is 54.5 Å². The lowest BCUT2D eigenvalue weighted by Crippen LogP contribution is -2.53. The fourth-order valence-electron chi connectivity index (χ4n) is 4.53. The summed E-state index contributed by atoms with van der Waals surface area (Å²) in [6.45, 7) is -1.73. The number of anilines is 1. The zero-order valence-corrected chi connectivity index (χ0v) is 18.9. The van der Waals surface area contributed by atoms with Crippen LogP contribution in [-0.2, 0) is 19.1 Å². The van der Waals surface area contributed by atoms with E-state index >= 15 is 0 Å². The van der Waals surface area contributed by atoms with Crippen molar-refractivity contribution in [3.05, 3.63) is 47.6 Å². The summed E-state index contributed by atoms with van der Waals surface area (Å²) in [6.07, 6.45) is 4.36. The Morgan fingerprint density at radius 2 is 1.94 bits per heavy atom. The van der Waals surface area contributed by atoms with Gasteiger partial charge in [0.15, 0.2) is 17.4 Å². The second-order valence-corrected chi connectivity index (χ2v) is 8.74. The minimum atomic E-state index is -3.43. The summed E-state index contributed by atoms with van der Waals surface area (Å²) >= 11 is 0. The van der Waals surface area contributed by atoms with Gasteiger partial charge in [-0.05, 0) is 18.9 Å². The van der Waals surface area contributed by atoms with E-state index in [0.29, 0.717) is 17.7 Å². The minimum absolute atomic E-state index is 0.136. The number of piperidine rings is 1. The van der Waals surface area contributed by atoms with Crippen molar-refractivity contribution in [3.63, 3.8) is 0 Å². The fraction of sp³-hybridized carbons (Fsp3) is 0.391. The molecule has 2 heterocycles. The quantitative estimate of drug-likeness (QED) is 0.449. The molecular weight excluding hydrogens is 490 g/mol. The van der Waals surface area contributed by atoms with E-state index in [2.05, 4.69) is 15.4 Å². The van der Waals surface area contributed by atoms with Gasteiger partial charge in [0.2, 0.25) is 17.7 Å². The van der Waals surface area contributed by atoms with Crippen LogP contribution in [0.3, 0.4) is 0 Å². The Morgan fingerprint density at radius 1 is 1.25 bits per heavy atom. The number of hydrogen-bond acceptors (Lipinski definition) is 6. The molecule has 2 aliphatic heterocycles. The molecule has 3 atom stereocenters. The normalized spacial score (nSPS) is 25.4. The van der Waals surface area contributed by atoms with Gasteiger partial charge in [-0.15, -0.1) is 0 Å². The van der Waals surface area contributed by atoms with Crippen LogP contribution in [0.4, 0.5) is 28.0 Å². The van der Waals surface area contributed by atoms with Crippen LogP contribution < -0.4 is 15.4 Å². The Kier molecular flexibility index (Phi) is 6.74. The van der Waals surface area contributed by atoms with Crippen molar-refractivity contribution in [3.8, 4) is 5.75 Å². The lowest BCUT2D eigenvalue weighted by atomic mass is 9.75. The number of halogens is 4. The monoisotopic (exact) mass is 511 g/mol. The van der Waals surface area contributed by atoms with E-state index in [1.165, 1.54) is 4.90 Å². The number of rotatable bonds is 6. The molecule has 2 saturated heterocycles. The maximum atomic E-state index is 13.8. The number of nitrogens with one attached hydrogen (secondary N) is 2. The average Bonchev–Trinajstić information content (AvgIpc) is 3.05. The number of benzene rings is 1. The van der Waals surface area contributed by atoms with Crippen LogP contribution >= 0.6 is 0 Å². The van der Waals surface area contributed by atoms with Gasteiger partial charge in [-0.3, -0.25) is 25.0 Å². The van der Waals surface area contributed by atoms with E-state index in [1.807, 2.05) is 0 Å². The topological polar surface area (TPSA) is 114 Å². The molecule has 9 nitrogen and oxygen atoms in total. The van der Waals surface area contributed by atoms with Gasteiger partial charge in [0.05, 0.1) is 11.1 Å². The highest BCUT2D eigenvalue weighted by Gasteiger charge is 2.52. The molecule has 3 aliphatic rings. The second kappa shape index (κ2) is 9.63. The molecule has 1 aromatic rings. The largest absolute Gasteiger partial charge is 0.444 e. The number of carbonyl (C=O) groups is 4. The summed E-state index contributed by atoms with van der Waals surface area (Å²) in [5, 5.41) is 4.33. The SMILES string of the molecule is CC12C=C(COC(=O)Nc3cc(F)c(OC(F)F)c(F)c3)C=CC1CN(C1CCC(=O)NC1=O)C2=O. The van der Waals surface area contributed by atoms with Gasteiger partial charge in [-0.25, -0.2) is 13.6 Å². The van der Waals surface area contributed by atoms with Crippen molar-refractivity contribution in [2.45, 2.75) is 32.4 Å². The van der Waals surface area contributed by atoms with Gasteiger partial charge in [-0.1, -0.05) is 18.2 Å². The molecular formula is C23H21F4N3O6. The van der Waals surface area contributed by atoms with Gasteiger partial charge in [-0.2, -0.15) is 8.78 Å². The van der Waals surface area contributed by atoms with Gasteiger partial charge in [0.1, 0.15) is 12.6 Å². The van der Waals surface area contributed by atoms with Crippen LogP contribution in [0, 0.1) is 23.0 Å². The number of nitrogens with zero attached hydrogens (tertiary/aromatic N) is 1. The Balaban J connectivity index is 1.38. The number of carbonyl (C=O) groups excluding carboxylic acids is 4. The van der Waals surface area contributed by atoms with Gasteiger partial charge < -0.3 is 14.4 Å². The molecule has 3 unspecified atom stereocenters. The highest BCUT2D eigenvalue weighted by atomic mass is 19.3. The Morgan fingerprint density at radius 3 is 2.58 bits per heavy atom. The predicted molar refractivity (Wildman–Crippen MR) is 115 cm³/mol. The highest BCUT2D eigenvalue weighted by molar-refractivity contribution is 6.02. The van der Waals surface area contributed by atoms with E-state index in [9.17, 15) is 36.7 Å². The van der Waals surface area contributed by atoms with Crippen molar-refractivity contribution in [1.82, 2.24) is 10.2 Å². The summed E-state index contributed by atoms with van der Waals surface area (Å²) in [5.74, 6) is -5.61. The van der Waals surface area contributed by atoms with Crippen molar-refractivity contribution >= 4 is 29.5 Å². The molecule has 13 heteroatoms. The number of alkyl halides is 2. The Labute approximate surface area is 202 Å². The standard InChI is InChI=1S/C23H21F4N3O6/c1-23-8-11(2-3-12(23)9-30(20(23)33)16-4-5-17(31)29-19(16)32)10-35-22(34)28-13-6-14(24)18(15(25)7-13)36-21(26)27/h2-3,6-8,12,16,21H,4-5,9-10H2,1H3,(H,28,34)(H,29,31,32). The molecule has 1 aliphatic carbocycles. The van der Waals surface area contributed by atoms with E-state index < -0.39 is 47.5 Å². The number of ether oxygens (including phenoxy) is 2. The summed E-state index contributed by atoms with van der Waals surface area (Å²) in [4.78, 5) is 50.4. The first-order valence-electron chi connectivity index (χ1n) is 10.9. The van der Waals surface area contributed by atoms with Gasteiger partial charge in [0, 0.05) is 31.0 Å². The Bertz CT molecular complexity index is 1160. The summed E-state index contributed by atoms with van der Waals surface area (Å²) in [6, 6.07) is 0.436. The van der Waals surface area contributed by atoms with Crippen LogP contribution in [0.25, 0.3) is 0 Å². The van der Waals surface area contributed by atoms with Crippen molar-refractivity contribution in [1.29, 1.82) is 0 Å². The molecule has 0 spiro atoms. The van der Waals surface area contributed by atoms with Crippen molar-refractivity contribution in [2.75, 3.05) is 18.5 Å². The number of fused-ring (bicyclic) bond motifs is 1. The first kappa shape index (κ1) is 25.2. The third kappa shape index (κ3) is 4.90. The lowest BCUT2D eigenvalue weighted by molar-refractivity contribution is -0.145. The maximum Gasteiger partial charge on any atom is 0.411 e. The van der Waals surface area contributed by atoms with Crippen LogP contribution in [0.15, 0.2) is 35.9 Å². The molecule has 1 aromatic carbocycles. The third-order valence-corrected chi connectivity index (χ3v) is 6.32. The molecule has 0 aromatic heterocycles. The molecule has 0 radical (unpaired) electrons. The van der Waals surface area contributed by atoms with E-state index in [0.717, 1.165) is 0 Å². The first-order valence-corrected chi connectivity index (χ1v) is 10.9. The van der Waals surface area contributed by atoms with Gasteiger partial charge >= 0.3 is 12.7 Å². The molecule has 0 bridgehead atoms. The predicted octanol–water partition coefficient (Wildman–Crippen LogP) is 2.88. The smallest absolute Gasteiger partial charge is 0.411 e. The molecule has 192 valence electrons. The molecule has 0 saturated carbocycles. The molecule has 4 amide bonds. The third-order valence-electron chi connectivity index (χ3n) is 6.32. The fourth-order valence-corrected chi connectivity index (χ4v) is 4.53.